The first kappa shape index (κ1) is 21.2. The molecular weight excluding hydrogens is 410 g/mol. The first-order chi connectivity index (χ1) is 16.1. The average Bonchev–Trinajstić information content (AvgIpc) is 3.13. The normalized spacial score (nSPS) is 13.9. The molecule has 1 aliphatic rings. The molecule has 6 nitrogen and oxygen atoms in total. The Bertz CT molecular complexity index is 1290. The van der Waals surface area contributed by atoms with Gasteiger partial charge >= 0.3 is 0 Å². The van der Waals surface area contributed by atoms with Crippen molar-refractivity contribution in [1.82, 2.24) is 14.8 Å². The Morgan fingerprint density at radius 3 is 2.55 bits per heavy atom. The van der Waals surface area contributed by atoms with E-state index in [0.717, 1.165) is 52.2 Å². The van der Waals surface area contributed by atoms with Crippen LogP contribution in [0.4, 0.5) is 11.4 Å². The van der Waals surface area contributed by atoms with Crippen LogP contribution in [0.3, 0.4) is 0 Å². The summed E-state index contributed by atoms with van der Waals surface area (Å²) >= 11 is 0. The first-order valence-electron chi connectivity index (χ1n) is 11.6. The predicted octanol–water partition coefficient (Wildman–Crippen LogP) is 5.21. The fourth-order valence-electron chi connectivity index (χ4n) is 4.80. The van der Waals surface area contributed by atoms with Gasteiger partial charge in [0.1, 0.15) is 0 Å². The van der Waals surface area contributed by atoms with Crippen LogP contribution < -0.4 is 10.2 Å². The molecule has 1 fully saturated rings. The highest BCUT2D eigenvalue weighted by atomic mass is 16.1. The maximum atomic E-state index is 13.1. The number of nitrogens with one attached hydrogen (secondary N) is 1. The van der Waals surface area contributed by atoms with Crippen molar-refractivity contribution < 1.29 is 4.79 Å². The summed E-state index contributed by atoms with van der Waals surface area (Å²) in [7, 11) is 0. The number of para-hydroxylation sites is 1. The molecule has 1 amide bonds. The van der Waals surface area contributed by atoms with Gasteiger partial charge in [0.25, 0.3) is 0 Å². The van der Waals surface area contributed by atoms with Crippen LogP contribution in [0.25, 0.3) is 16.5 Å². The Labute approximate surface area is 194 Å². The highest BCUT2D eigenvalue weighted by Gasteiger charge is 2.18. The lowest BCUT2D eigenvalue weighted by molar-refractivity contribution is -0.115. The number of nitrogens with zero attached hydrogens (tertiary/aromatic N) is 4. The molecule has 0 saturated carbocycles. The number of carbonyl (C=O) groups is 1. The number of hydrogen-bond donors (Lipinski definition) is 1. The second kappa shape index (κ2) is 9.06. The maximum Gasteiger partial charge on any atom is 0.228 e. The number of piperidine rings is 1. The molecule has 33 heavy (non-hydrogen) atoms. The van der Waals surface area contributed by atoms with Crippen molar-refractivity contribution >= 4 is 28.1 Å². The molecule has 0 bridgehead atoms. The van der Waals surface area contributed by atoms with Gasteiger partial charge < -0.3 is 10.2 Å². The second-order valence-corrected chi connectivity index (χ2v) is 8.72. The van der Waals surface area contributed by atoms with Crippen LogP contribution in [-0.2, 0) is 11.2 Å². The summed E-state index contributed by atoms with van der Waals surface area (Å²) in [4.78, 5) is 19.9. The number of fused-ring (bicyclic) bond motifs is 1. The number of rotatable bonds is 5. The fourth-order valence-corrected chi connectivity index (χ4v) is 4.80. The van der Waals surface area contributed by atoms with Gasteiger partial charge in [-0.05, 0) is 63.4 Å². The quantitative estimate of drug-likeness (QED) is 0.464. The third-order valence-electron chi connectivity index (χ3n) is 6.55. The maximum absolute atomic E-state index is 13.1. The van der Waals surface area contributed by atoms with Gasteiger partial charge in [0.05, 0.1) is 23.5 Å². The summed E-state index contributed by atoms with van der Waals surface area (Å²) in [6, 6.07) is 16.2. The van der Waals surface area contributed by atoms with Gasteiger partial charge in [-0.15, -0.1) is 0 Å². The fraction of sp³-hybridized carbons (Fsp3) is 0.296. The summed E-state index contributed by atoms with van der Waals surface area (Å²) in [6.07, 6.45) is 7.69. The van der Waals surface area contributed by atoms with Crippen molar-refractivity contribution in [3.63, 3.8) is 0 Å². The number of pyridine rings is 1. The highest BCUT2D eigenvalue weighted by molar-refractivity contribution is 6.06. The van der Waals surface area contributed by atoms with Crippen molar-refractivity contribution in [2.75, 3.05) is 23.3 Å². The van der Waals surface area contributed by atoms with E-state index in [-0.39, 0.29) is 12.3 Å². The van der Waals surface area contributed by atoms with Crippen LogP contribution in [-0.4, -0.2) is 33.8 Å². The molecule has 0 aliphatic carbocycles. The number of carbonyl (C=O) groups excluding carboxylic acids is 1. The van der Waals surface area contributed by atoms with Crippen LogP contribution in [0.5, 0.6) is 0 Å². The summed E-state index contributed by atoms with van der Waals surface area (Å²) < 4.78 is 1.91. The Morgan fingerprint density at radius 1 is 0.970 bits per heavy atom. The van der Waals surface area contributed by atoms with Crippen LogP contribution in [0.1, 0.15) is 36.2 Å². The van der Waals surface area contributed by atoms with Gasteiger partial charge in [-0.1, -0.05) is 18.2 Å². The van der Waals surface area contributed by atoms with E-state index in [1.807, 2.05) is 73.4 Å². The van der Waals surface area contributed by atoms with E-state index in [9.17, 15) is 4.79 Å². The Morgan fingerprint density at radius 2 is 1.76 bits per heavy atom. The molecule has 5 rings (SSSR count). The second-order valence-electron chi connectivity index (χ2n) is 8.72. The molecular formula is C27H29N5O. The number of benzene rings is 2. The predicted molar refractivity (Wildman–Crippen MR) is 133 cm³/mol. The number of amides is 1. The summed E-state index contributed by atoms with van der Waals surface area (Å²) in [5.74, 6) is -0.0512. The molecule has 168 valence electrons. The third kappa shape index (κ3) is 4.21. The first-order valence-corrected chi connectivity index (χ1v) is 11.6. The summed E-state index contributed by atoms with van der Waals surface area (Å²) in [5.41, 5.74) is 5.84. The lowest BCUT2D eigenvalue weighted by Crippen LogP contribution is -2.29. The minimum atomic E-state index is -0.0512. The molecule has 0 unspecified atom stereocenters. The third-order valence-corrected chi connectivity index (χ3v) is 6.55. The van der Waals surface area contributed by atoms with Crippen molar-refractivity contribution in [3.8, 4) is 5.69 Å². The van der Waals surface area contributed by atoms with E-state index in [0.29, 0.717) is 0 Å². The van der Waals surface area contributed by atoms with Gasteiger partial charge in [-0.2, -0.15) is 5.10 Å². The molecule has 4 aromatic rings. The minimum Gasteiger partial charge on any atom is -0.371 e. The van der Waals surface area contributed by atoms with Crippen molar-refractivity contribution in [2.24, 2.45) is 0 Å². The zero-order chi connectivity index (χ0) is 22.8. The van der Waals surface area contributed by atoms with Crippen molar-refractivity contribution in [2.45, 2.75) is 39.5 Å². The Balaban J connectivity index is 1.40. The van der Waals surface area contributed by atoms with E-state index >= 15 is 0 Å². The Hall–Kier alpha value is -3.67. The largest absolute Gasteiger partial charge is 0.371 e. The zero-order valence-electron chi connectivity index (χ0n) is 19.2. The smallest absolute Gasteiger partial charge is 0.228 e. The standard InChI is InChI=1S/C27H29N5O/c1-19-23(20(2)32(30-19)21-9-5-3-6-10-21)17-27(33)29-25-11-12-26(31-15-7-4-8-16-31)22-13-14-28-18-24(22)25/h3,5-6,9-14,18H,4,7-8,15-17H2,1-2H3,(H,29,33). The number of anilines is 2. The van der Waals surface area contributed by atoms with Gasteiger partial charge in [-0.3, -0.25) is 9.78 Å². The number of aromatic nitrogens is 3. The van der Waals surface area contributed by atoms with Gasteiger partial charge in [-0.25, -0.2) is 4.68 Å². The molecule has 1 aliphatic heterocycles. The molecule has 0 radical (unpaired) electrons. The minimum absolute atomic E-state index is 0.0512. The van der Waals surface area contributed by atoms with Crippen LogP contribution in [0.2, 0.25) is 0 Å². The molecule has 6 heteroatoms. The molecule has 2 aromatic carbocycles. The van der Waals surface area contributed by atoms with Gasteiger partial charge in [0.2, 0.25) is 5.91 Å². The van der Waals surface area contributed by atoms with Crippen LogP contribution in [0.15, 0.2) is 60.9 Å². The average molecular weight is 440 g/mol. The highest BCUT2D eigenvalue weighted by Crippen LogP contribution is 2.33. The molecule has 0 atom stereocenters. The van der Waals surface area contributed by atoms with Crippen LogP contribution >= 0.6 is 0 Å². The molecule has 1 saturated heterocycles. The number of hydrogen-bond acceptors (Lipinski definition) is 4. The molecule has 2 aromatic heterocycles. The monoisotopic (exact) mass is 439 g/mol. The zero-order valence-corrected chi connectivity index (χ0v) is 19.2. The summed E-state index contributed by atoms with van der Waals surface area (Å²) in [5, 5.41) is 9.92. The number of aryl methyl sites for hydroxylation is 1. The SMILES string of the molecule is Cc1nn(-c2ccccc2)c(C)c1CC(=O)Nc1ccc(N2CCCCC2)c2ccncc12. The summed E-state index contributed by atoms with van der Waals surface area (Å²) in [6.45, 7) is 6.13. The van der Waals surface area contributed by atoms with E-state index < -0.39 is 0 Å². The van der Waals surface area contributed by atoms with Crippen molar-refractivity contribution in [3.05, 3.63) is 77.9 Å². The lowest BCUT2D eigenvalue weighted by atomic mass is 10.0. The molecule has 1 N–H and O–H groups in total. The van der Waals surface area contributed by atoms with E-state index in [1.165, 1.54) is 24.9 Å². The van der Waals surface area contributed by atoms with Gasteiger partial charge in [0.15, 0.2) is 0 Å². The molecule has 3 heterocycles. The van der Waals surface area contributed by atoms with Crippen LogP contribution in [0, 0.1) is 13.8 Å². The van der Waals surface area contributed by atoms with Gasteiger partial charge in [0, 0.05) is 53.2 Å². The van der Waals surface area contributed by atoms with E-state index in [4.69, 9.17) is 0 Å². The van der Waals surface area contributed by atoms with E-state index in [1.54, 1.807) is 0 Å². The van der Waals surface area contributed by atoms with Crippen molar-refractivity contribution in [1.29, 1.82) is 0 Å². The Kier molecular flexibility index (Phi) is 5.82. The topological polar surface area (TPSA) is 63.1 Å². The molecule has 0 spiro atoms. The lowest BCUT2D eigenvalue weighted by Gasteiger charge is -2.30. The van der Waals surface area contributed by atoms with E-state index in [2.05, 4.69) is 26.4 Å².